The molecule has 1 saturated heterocycles. The smallest absolute Gasteiger partial charge is 0.404 e. The van der Waals surface area contributed by atoms with Gasteiger partial charge in [-0.15, -0.1) is 10.2 Å². The highest BCUT2D eigenvalue weighted by Gasteiger charge is 2.43. The van der Waals surface area contributed by atoms with Crippen molar-refractivity contribution < 1.29 is 9.90 Å². The van der Waals surface area contributed by atoms with Crippen LogP contribution in [0.4, 0.5) is 9.93 Å². The van der Waals surface area contributed by atoms with Gasteiger partial charge in [0.2, 0.25) is 5.13 Å². The van der Waals surface area contributed by atoms with Crippen LogP contribution in [0.2, 0.25) is 0 Å². The van der Waals surface area contributed by atoms with Crippen LogP contribution in [0.5, 0.6) is 0 Å². The molecule has 0 radical (unpaired) electrons. The zero-order chi connectivity index (χ0) is 12.7. The summed E-state index contributed by atoms with van der Waals surface area (Å²) >= 11 is 4.84. The average Bonchev–Trinajstić information content (AvgIpc) is 2.81. The number of rotatable bonds is 2. The van der Waals surface area contributed by atoms with Crippen molar-refractivity contribution in [2.75, 3.05) is 18.0 Å². The molecule has 8 heteroatoms. The fourth-order valence-electron chi connectivity index (χ4n) is 3.08. The lowest BCUT2D eigenvalue weighted by Gasteiger charge is -2.37. The summed E-state index contributed by atoms with van der Waals surface area (Å²) in [7, 11) is 0. The summed E-state index contributed by atoms with van der Waals surface area (Å²) in [6.07, 6.45) is 1.27. The van der Waals surface area contributed by atoms with Crippen molar-refractivity contribution in [2.45, 2.75) is 18.9 Å². The van der Waals surface area contributed by atoms with E-state index in [0.717, 1.165) is 35.0 Å². The minimum absolute atomic E-state index is 0.107. The van der Waals surface area contributed by atoms with Crippen LogP contribution in [0.3, 0.4) is 0 Å². The van der Waals surface area contributed by atoms with Crippen molar-refractivity contribution >= 4 is 38.5 Å². The molecule has 6 nitrogen and oxygen atoms in total. The molecule has 1 unspecified atom stereocenters. The molecule has 2 N–H and O–H groups in total. The van der Waals surface area contributed by atoms with Gasteiger partial charge in [-0.05, 0) is 40.6 Å². The average molecular weight is 333 g/mol. The van der Waals surface area contributed by atoms with Crippen LogP contribution in [0.1, 0.15) is 12.8 Å². The van der Waals surface area contributed by atoms with E-state index in [2.05, 4.69) is 36.3 Å². The van der Waals surface area contributed by atoms with Gasteiger partial charge in [0.05, 0.1) is 0 Å². The van der Waals surface area contributed by atoms with E-state index in [1.165, 1.54) is 11.3 Å². The maximum atomic E-state index is 10.8. The Morgan fingerprint density at radius 2 is 2.06 bits per heavy atom. The lowest BCUT2D eigenvalue weighted by atomic mass is 9.92. The Morgan fingerprint density at radius 1 is 1.39 bits per heavy atom. The molecule has 0 aromatic carbocycles. The van der Waals surface area contributed by atoms with Crippen molar-refractivity contribution in [1.29, 1.82) is 0 Å². The second-order valence-electron chi connectivity index (χ2n) is 4.82. The number of halogens is 1. The minimum atomic E-state index is -0.913. The van der Waals surface area contributed by atoms with E-state index in [1.54, 1.807) is 0 Å². The van der Waals surface area contributed by atoms with Gasteiger partial charge in [-0.2, -0.15) is 0 Å². The third-order valence-corrected chi connectivity index (χ3v) is 5.20. The maximum absolute atomic E-state index is 10.8. The van der Waals surface area contributed by atoms with E-state index >= 15 is 0 Å². The highest BCUT2D eigenvalue weighted by molar-refractivity contribution is 9.11. The van der Waals surface area contributed by atoms with Crippen LogP contribution in [0.25, 0.3) is 0 Å². The first-order valence-electron chi connectivity index (χ1n) is 5.87. The summed E-state index contributed by atoms with van der Waals surface area (Å²) in [6.45, 7) is 1.73. The molecular weight excluding hydrogens is 320 g/mol. The molecule has 2 fully saturated rings. The van der Waals surface area contributed by atoms with Crippen LogP contribution in [0, 0.1) is 11.8 Å². The molecule has 3 atom stereocenters. The number of nitrogens with zero attached hydrogens (tertiary/aromatic N) is 3. The molecule has 0 spiro atoms. The summed E-state index contributed by atoms with van der Waals surface area (Å²) in [5, 5.41) is 20.6. The number of anilines is 1. The molecule has 1 saturated carbocycles. The molecule has 3 rings (SSSR count). The zero-order valence-electron chi connectivity index (χ0n) is 9.54. The van der Waals surface area contributed by atoms with Crippen molar-refractivity contribution in [3.63, 3.8) is 0 Å². The van der Waals surface area contributed by atoms with Gasteiger partial charge in [-0.1, -0.05) is 11.3 Å². The fraction of sp³-hybridized carbons (Fsp3) is 0.700. The highest BCUT2D eigenvalue weighted by Crippen LogP contribution is 2.39. The fourth-order valence-corrected chi connectivity index (χ4v) is 4.19. The Labute approximate surface area is 117 Å². The van der Waals surface area contributed by atoms with Gasteiger partial charge in [-0.3, -0.25) is 0 Å². The van der Waals surface area contributed by atoms with E-state index in [0.29, 0.717) is 11.8 Å². The molecule has 98 valence electrons. The number of fused-ring (bicyclic) bond motifs is 2. The number of nitrogens with one attached hydrogen (secondary N) is 1. The molecule has 1 aliphatic carbocycles. The first-order chi connectivity index (χ1) is 8.63. The normalized spacial score (nSPS) is 30.5. The first-order valence-corrected chi connectivity index (χ1v) is 7.48. The van der Waals surface area contributed by atoms with Crippen molar-refractivity contribution in [1.82, 2.24) is 15.5 Å². The summed E-state index contributed by atoms with van der Waals surface area (Å²) in [5.74, 6) is 0.782. The maximum Gasteiger partial charge on any atom is 0.404 e. The standard InChI is InChI=1S/C10H13BrN4O2S/c11-8-13-14-9(18-8)15-3-5-1-2-6(4-15)7(5)12-10(16)17/h5-7,12H,1-4H2,(H,16,17)/t5-,6+,7?. The molecule has 2 aliphatic rings. The Morgan fingerprint density at radius 3 is 2.56 bits per heavy atom. The Balaban J connectivity index is 1.73. The highest BCUT2D eigenvalue weighted by atomic mass is 79.9. The van der Waals surface area contributed by atoms with Gasteiger partial charge in [-0.25, -0.2) is 4.79 Å². The molecule has 18 heavy (non-hydrogen) atoms. The lowest BCUT2D eigenvalue weighted by molar-refractivity contribution is 0.178. The van der Waals surface area contributed by atoms with E-state index in [4.69, 9.17) is 5.11 Å². The minimum Gasteiger partial charge on any atom is -0.465 e. The van der Waals surface area contributed by atoms with Gasteiger partial charge >= 0.3 is 6.09 Å². The number of amides is 1. The van der Waals surface area contributed by atoms with Gasteiger partial charge in [0, 0.05) is 19.1 Å². The van der Waals surface area contributed by atoms with Crippen LogP contribution in [-0.2, 0) is 0 Å². The SMILES string of the molecule is O=C(O)NC1[C@@H]2CC[C@H]1CN(c1nnc(Br)s1)C2. The second kappa shape index (κ2) is 4.65. The quantitative estimate of drug-likeness (QED) is 0.863. The van der Waals surface area contributed by atoms with Gasteiger partial charge < -0.3 is 15.3 Å². The third kappa shape index (κ3) is 2.18. The van der Waals surface area contributed by atoms with Crippen LogP contribution >= 0.6 is 27.3 Å². The number of carboxylic acid groups (broad SMARTS) is 1. The van der Waals surface area contributed by atoms with Gasteiger partial charge in [0.25, 0.3) is 0 Å². The Kier molecular flexibility index (Phi) is 3.14. The number of piperidine rings is 1. The molecule has 1 aromatic heterocycles. The van der Waals surface area contributed by atoms with Crippen molar-refractivity contribution in [2.24, 2.45) is 11.8 Å². The van der Waals surface area contributed by atoms with Gasteiger partial charge in [0.15, 0.2) is 3.92 Å². The van der Waals surface area contributed by atoms with Crippen LogP contribution in [0.15, 0.2) is 3.92 Å². The van der Waals surface area contributed by atoms with Gasteiger partial charge in [0.1, 0.15) is 0 Å². The molecule has 2 heterocycles. The summed E-state index contributed by atoms with van der Waals surface area (Å²) in [6, 6.07) is 0.107. The largest absolute Gasteiger partial charge is 0.465 e. The summed E-state index contributed by atoms with van der Waals surface area (Å²) < 4.78 is 0.788. The number of carbonyl (C=O) groups is 1. The van der Waals surface area contributed by atoms with E-state index in [1.807, 2.05) is 0 Å². The van der Waals surface area contributed by atoms with Crippen LogP contribution < -0.4 is 10.2 Å². The third-order valence-electron chi connectivity index (χ3n) is 3.78. The number of aromatic nitrogens is 2. The molecule has 1 amide bonds. The number of hydrogen-bond acceptors (Lipinski definition) is 5. The predicted molar refractivity (Wildman–Crippen MR) is 71.0 cm³/mol. The summed E-state index contributed by atoms with van der Waals surface area (Å²) in [4.78, 5) is 13.0. The zero-order valence-corrected chi connectivity index (χ0v) is 11.9. The van der Waals surface area contributed by atoms with E-state index < -0.39 is 6.09 Å². The molecular formula is C10H13BrN4O2S. The lowest BCUT2D eigenvalue weighted by Crippen LogP contribution is -2.52. The molecule has 2 bridgehead atoms. The van der Waals surface area contributed by atoms with Crippen molar-refractivity contribution in [3.05, 3.63) is 3.92 Å². The Bertz CT molecular complexity index is 454. The van der Waals surface area contributed by atoms with Crippen molar-refractivity contribution in [3.8, 4) is 0 Å². The predicted octanol–water partition coefficient (Wildman–Crippen LogP) is 1.78. The second-order valence-corrected chi connectivity index (χ2v) is 7.05. The van der Waals surface area contributed by atoms with E-state index in [9.17, 15) is 4.79 Å². The first kappa shape index (κ1) is 12.2. The molecule has 1 aliphatic heterocycles. The topological polar surface area (TPSA) is 78.4 Å². The summed E-state index contributed by atoms with van der Waals surface area (Å²) in [5.41, 5.74) is 0. The monoisotopic (exact) mass is 332 g/mol. The molecule has 1 aromatic rings. The number of hydrogen-bond donors (Lipinski definition) is 2. The van der Waals surface area contributed by atoms with E-state index in [-0.39, 0.29) is 6.04 Å². The Hall–Kier alpha value is -0.890. The van der Waals surface area contributed by atoms with Crippen LogP contribution in [-0.4, -0.2) is 40.5 Å².